The normalized spacial score (nSPS) is 30.5. The molecule has 204 valence electrons. The Morgan fingerprint density at radius 2 is 2.00 bits per heavy atom. The van der Waals surface area contributed by atoms with Crippen molar-refractivity contribution < 1.29 is 24.2 Å². The third-order valence-corrected chi connectivity index (χ3v) is 10.00. The van der Waals surface area contributed by atoms with Gasteiger partial charge in [0.15, 0.2) is 11.5 Å². The van der Waals surface area contributed by atoms with Crippen LogP contribution in [0.1, 0.15) is 55.7 Å². The number of rotatable bonds is 6. The van der Waals surface area contributed by atoms with Crippen LogP contribution in [0.25, 0.3) is 6.08 Å². The number of phenols is 1. The molecule has 0 radical (unpaired) electrons. The highest BCUT2D eigenvalue weighted by Crippen LogP contribution is 2.65. The minimum absolute atomic E-state index is 0.0167. The third kappa shape index (κ3) is 3.88. The van der Waals surface area contributed by atoms with Gasteiger partial charge in [-0.3, -0.25) is 14.5 Å². The zero-order chi connectivity index (χ0) is 26.9. The molecule has 3 fully saturated rings. The fraction of sp³-hybridized carbons (Fsp3) is 0.500. The Labute approximate surface area is 229 Å². The van der Waals surface area contributed by atoms with Crippen molar-refractivity contribution >= 4 is 18.0 Å². The van der Waals surface area contributed by atoms with Crippen molar-refractivity contribution in [3.63, 3.8) is 0 Å². The lowest BCUT2D eigenvalue weighted by atomic mass is 9.50. The van der Waals surface area contributed by atoms with Crippen LogP contribution < -0.4 is 9.47 Å². The predicted molar refractivity (Wildman–Crippen MR) is 147 cm³/mol. The van der Waals surface area contributed by atoms with E-state index in [2.05, 4.69) is 4.90 Å². The first-order valence-corrected chi connectivity index (χ1v) is 14.3. The Balaban J connectivity index is 1.27. The second-order valence-corrected chi connectivity index (χ2v) is 12.2. The molecule has 7 nitrogen and oxygen atoms in total. The van der Waals surface area contributed by atoms with Crippen LogP contribution >= 0.6 is 0 Å². The molecule has 5 atom stereocenters. The van der Waals surface area contributed by atoms with Gasteiger partial charge in [0.25, 0.3) is 0 Å². The molecule has 2 saturated carbocycles. The van der Waals surface area contributed by atoms with Crippen LogP contribution in [0.15, 0.2) is 42.5 Å². The van der Waals surface area contributed by atoms with Gasteiger partial charge >= 0.3 is 5.97 Å². The van der Waals surface area contributed by atoms with E-state index in [4.69, 9.17) is 9.47 Å². The van der Waals surface area contributed by atoms with Crippen LogP contribution in [0.5, 0.6) is 17.2 Å². The van der Waals surface area contributed by atoms with Crippen molar-refractivity contribution in [2.75, 3.05) is 20.1 Å². The van der Waals surface area contributed by atoms with E-state index in [0.717, 1.165) is 61.4 Å². The summed E-state index contributed by atoms with van der Waals surface area (Å²) < 4.78 is 12.4. The monoisotopic (exact) mass is 528 g/mol. The van der Waals surface area contributed by atoms with Gasteiger partial charge in [-0.1, -0.05) is 30.3 Å². The number of ether oxygens (including phenoxy) is 2. The maximum Gasteiger partial charge on any atom is 0.308 e. The number of likely N-dealkylation sites (N-methyl/N-ethyl adjacent to an activating group) is 1. The van der Waals surface area contributed by atoms with Crippen molar-refractivity contribution in [2.45, 2.75) is 69.1 Å². The molecule has 2 bridgehead atoms. The number of nitrogens with zero attached hydrogens (tertiary/aromatic N) is 2. The third-order valence-electron chi connectivity index (χ3n) is 10.00. The van der Waals surface area contributed by atoms with E-state index < -0.39 is 5.97 Å². The lowest BCUT2D eigenvalue weighted by molar-refractivity contribution is -0.135. The number of esters is 1. The van der Waals surface area contributed by atoms with E-state index in [1.165, 1.54) is 19.8 Å². The highest BCUT2D eigenvalue weighted by Gasteiger charge is 2.67. The summed E-state index contributed by atoms with van der Waals surface area (Å²) in [5.74, 6) is 1.71. The number of hydrogen-bond donors (Lipinski definition) is 1. The topological polar surface area (TPSA) is 79.3 Å². The molecule has 3 aliphatic carbocycles. The molecule has 2 aliphatic heterocycles. The summed E-state index contributed by atoms with van der Waals surface area (Å²) in [6.45, 7) is 3.51. The Morgan fingerprint density at radius 3 is 2.74 bits per heavy atom. The minimum atomic E-state index is -0.391. The van der Waals surface area contributed by atoms with Crippen LogP contribution in [0.2, 0.25) is 0 Å². The Morgan fingerprint density at radius 1 is 1.21 bits per heavy atom. The molecular weight excluding hydrogens is 492 g/mol. The van der Waals surface area contributed by atoms with Gasteiger partial charge in [-0.2, -0.15) is 0 Å². The minimum Gasteiger partial charge on any atom is -0.504 e. The van der Waals surface area contributed by atoms with E-state index >= 15 is 0 Å². The van der Waals surface area contributed by atoms with Gasteiger partial charge in [0.1, 0.15) is 11.9 Å². The zero-order valence-corrected chi connectivity index (χ0v) is 22.6. The van der Waals surface area contributed by atoms with E-state index in [1.54, 1.807) is 12.1 Å². The van der Waals surface area contributed by atoms with E-state index in [0.29, 0.717) is 23.5 Å². The first-order valence-electron chi connectivity index (χ1n) is 14.3. The lowest BCUT2D eigenvalue weighted by Crippen LogP contribution is -2.69. The number of piperidine rings is 1. The average Bonchev–Trinajstić information content (AvgIpc) is 3.68. The summed E-state index contributed by atoms with van der Waals surface area (Å²) >= 11 is 0. The molecule has 0 aromatic heterocycles. The number of phenolic OH excluding ortho intramolecular Hbond substituents is 1. The first-order chi connectivity index (χ1) is 18.9. The first kappa shape index (κ1) is 24.7. The fourth-order valence-electron chi connectivity index (χ4n) is 8.16. The molecule has 2 aromatic rings. The molecule has 5 aliphatic rings. The number of carbonyl (C=O) groups excluding carboxylic acids is 2. The average molecular weight is 529 g/mol. The van der Waals surface area contributed by atoms with Gasteiger partial charge in [-0.05, 0) is 68.5 Å². The van der Waals surface area contributed by atoms with Gasteiger partial charge in [-0.25, -0.2) is 0 Å². The van der Waals surface area contributed by atoms with Crippen LogP contribution in [0.4, 0.5) is 0 Å². The molecule has 2 aromatic carbocycles. The molecular formula is C32H36N2O5. The second-order valence-electron chi connectivity index (χ2n) is 12.2. The summed E-state index contributed by atoms with van der Waals surface area (Å²) in [5.41, 5.74) is 2.70. The number of benzene rings is 2. The van der Waals surface area contributed by atoms with Gasteiger partial charge in [0.05, 0.1) is 6.04 Å². The quantitative estimate of drug-likeness (QED) is 0.342. The Bertz CT molecular complexity index is 1350. The highest BCUT2D eigenvalue weighted by atomic mass is 16.5. The maximum atomic E-state index is 13.4. The van der Waals surface area contributed by atoms with Crippen molar-refractivity contribution in [3.05, 3.63) is 59.2 Å². The van der Waals surface area contributed by atoms with Gasteiger partial charge in [0.2, 0.25) is 5.91 Å². The summed E-state index contributed by atoms with van der Waals surface area (Å²) in [7, 11) is 1.87. The summed E-state index contributed by atoms with van der Waals surface area (Å²) in [6, 6.07) is 11.6. The molecule has 7 heteroatoms. The van der Waals surface area contributed by atoms with Gasteiger partial charge in [-0.15, -0.1) is 0 Å². The summed E-state index contributed by atoms with van der Waals surface area (Å²) in [4.78, 5) is 29.9. The van der Waals surface area contributed by atoms with Crippen LogP contribution in [0, 0.1) is 11.8 Å². The maximum absolute atomic E-state index is 13.4. The van der Waals surface area contributed by atoms with Crippen molar-refractivity contribution in [2.24, 2.45) is 11.8 Å². The molecule has 7 rings (SSSR count). The number of amides is 1. The summed E-state index contributed by atoms with van der Waals surface area (Å²) in [6.07, 6.45) is 9.41. The molecule has 1 N–H and O–H groups in total. The molecule has 1 amide bonds. The van der Waals surface area contributed by atoms with Crippen molar-refractivity contribution in [1.82, 2.24) is 9.80 Å². The Kier molecular flexibility index (Phi) is 5.78. The van der Waals surface area contributed by atoms with Gasteiger partial charge in [0, 0.05) is 55.2 Å². The highest BCUT2D eigenvalue weighted by molar-refractivity contribution is 5.92. The lowest BCUT2D eigenvalue weighted by Gasteiger charge is -2.60. The predicted octanol–water partition coefficient (Wildman–Crippen LogP) is 4.31. The summed E-state index contributed by atoms with van der Waals surface area (Å²) in [5, 5.41) is 11.1. The smallest absolute Gasteiger partial charge is 0.308 e. The van der Waals surface area contributed by atoms with Crippen LogP contribution in [-0.4, -0.2) is 65.1 Å². The largest absolute Gasteiger partial charge is 0.504 e. The molecule has 2 heterocycles. The van der Waals surface area contributed by atoms with E-state index in [9.17, 15) is 14.7 Å². The van der Waals surface area contributed by atoms with Crippen LogP contribution in [0.3, 0.4) is 0 Å². The van der Waals surface area contributed by atoms with Crippen molar-refractivity contribution in [3.8, 4) is 17.2 Å². The number of hydrogen-bond acceptors (Lipinski definition) is 6. The van der Waals surface area contributed by atoms with E-state index in [-0.39, 0.29) is 29.2 Å². The SMILES string of the molecule is CC(=O)Oc1cc(O)c2c3c1C[C@@H]1[C@@H]4CC[C@@H](N(C)C(=O)C=Cc5ccccc5)[C@H](O2)[C@]34CCN1CC1CC1. The van der Waals surface area contributed by atoms with E-state index in [1.807, 2.05) is 48.4 Å². The fourth-order valence-corrected chi connectivity index (χ4v) is 8.16. The Hall–Kier alpha value is -3.32. The molecule has 1 spiro atoms. The molecule has 1 saturated heterocycles. The zero-order valence-electron chi connectivity index (χ0n) is 22.6. The number of aromatic hydroxyl groups is 1. The standard InChI is InChI=1S/C32H36N2O5/c1-19(35)38-27-17-26(36)30-29-22(27)16-25-23-11-12-24(33(2)28(37)13-10-20-6-4-3-5-7-20)31(39-30)32(23,29)14-15-34(25)18-21-8-9-21/h3-7,10,13,17,21,23-25,31,36H,8-9,11-12,14-16,18H2,1-2H3/t23-,24+,25+,31-,32-/m0/s1. The number of carbonyl (C=O) groups is 2. The van der Waals surface area contributed by atoms with Crippen LogP contribution in [-0.2, 0) is 21.4 Å². The second kappa shape index (κ2) is 9.12. The molecule has 39 heavy (non-hydrogen) atoms. The number of likely N-dealkylation sites (tertiary alicyclic amines) is 1. The van der Waals surface area contributed by atoms with Gasteiger partial charge < -0.3 is 19.5 Å². The van der Waals surface area contributed by atoms with Crippen molar-refractivity contribution in [1.29, 1.82) is 0 Å². The molecule has 0 unspecified atom stereocenters.